The fraction of sp³-hybridized carbons (Fsp3) is 0.455. The van der Waals surface area contributed by atoms with Gasteiger partial charge in [0.1, 0.15) is 5.15 Å². The molecule has 0 atom stereocenters. The molecule has 0 aromatic carbocycles. The monoisotopic (exact) mass is 227 g/mol. The van der Waals surface area contributed by atoms with Crippen LogP contribution in [0, 0.1) is 0 Å². The first-order chi connectivity index (χ1) is 6.86. The summed E-state index contributed by atoms with van der Waals surface area (Å²) < 4.78 is 4.58. The third-order valence-corrected chi connectivity index (χ3v) is 2.31. The number of ether oxygens (including phenoxy) is 1. The van der Waals surface area contributed by atoms with E-state index in [2.05, 4.69) is 9.72 Å². The minimum Gasteiger partial charge on any atom is -0.465 e. The summed E-state index contributed by atoms with van der Waals surface area (Å²) in [6.07, 6.45) is 0. The number of pyridine rings is 1. The lowest BCUT2D eigenvalue weighted by Crippen LogP contribution is -2.15. The Balaban J connectivity index is 3.15. The van der Waals surface area contributed by atoms with Crippen LogP contribution in [-0.2, 0) is 10.2 Å². The fourth-order valence-electron chi connectivity index (χ4n) is 1.11. The summed E-state index contributed by atoms with van der Waals surface area (Å²) in [5.41, 5.74) is 1.06. The number of hydrogen-bond donors (Lipinski definition) is 0. The zero-order valence-electron chi connectivity index (χ0n) is 9.30. The molecule has 0 unspecified atom stereocenters. The maximum atomic E-state index is 11.2. The van der Waals surface area contributed by atoms with Crippen molar-refractivity contribution in [2.75, 3.05) is 7.11 Å². The van der Waals surface area contributed by atoms with Gasteiger partial charge in [-0.25, -0.2) is 9.78 Å². The van der Waals surface area contributed by atoms with Crippen LogP contribution in [0.2, 0.25) is 5.15 Å². The third kappa shape index (κ3) is 2.69. The topological polar surface area (TPSA) is 39.2 Å². The van der Waals surface area contributed by atoms with Crippen molar-refractivity contribution in [3.8, 4) is 0 Å². The van der Waals surface area contributed by atoms with Crippen molar-refractivity contribution < 1.29 is 9.53 Å². The summed E-state index contributed by atoms with van der Waals surface area (Å²) in [4.78, 5) is 15.4. The van der Waals surface area contributed by atoms with Crippen molar-refractivity contribution in [1.29, 1.82) is 0 Å². The Morgan fingerprint density at radius 1 is 1.40 bits per heavy atom. The standard InChI is InChI=1S/C11H14ClNO2/c1-11(2,3)8-6-5-7(9(12)13-8)10(14)15-4/h5-6H,1-4H3. The van der Waals surface area contributed by atoms with Gasteiger partial charge >= 0.3 is 5.97 Å². The smallest absolute Gasteiger partial charge is 0.341 e. The summed E-state index contributed by atoms with van der Waals surface area (Å²) in [6.45, 7) is 6.09. The number of halogens is 1. The van der Waals surface area contributed by atoms with Crippen molar-refractivity contribution in [3.63, 3.8) is 0 Å². The molecule has 1 aromatic rings. The SMILES string of the molecule is COC(=O)c1ccc(C(C)(C)C)nc1Cl. The normalized spacial score (nSPS) is 11.3. The number of aromatic nitrogens is 1. The second-order valence-corrected chi connectivity index (χ2v) is 4.63. The van der Waals surface area contributed by atoms with E-state index in [9.17, 15) is 4.79 Å². The number of carbonyl (C=O) groups excluding carboxylic acids is 1. The van der Waals surface area contributed by atoms with Crippen LogP contribution in [-0.4, -0.2) is 18.1 Å². The Labute approximate surface area is 94.4 Å². The molecule has 0 spiro atoms. The first kappa shape index (κ1) is 12.0. The van der Waals surface area contributed by atoms with Crippen LogP contribution in [0.4, 0.5) is 0 Å². The molecule has 3 nitrogen and oxygen atoms in total. The van der Waals surface area contributed by atoms with E-state index in [1.807, 2.05) is 20.8 Å². The molecule has 4 heteroatoms. The molecule has 0 saturated heterocycles. The highest BCUT2D eigenvalue weighted by atomic mass is 35.5. The van der Waals surface area contributed by atoms with E-state index < -0.39 is 5.97 Å². The third-order valence-electron chi connectivity index (χ3n) is 2.02. The molecule has 15 heavy (non-hydrogen) atoms. The molecule has 0 aliphatic rings. The first-order valence-corrected chi connectivity index (χ1v) is 4.99. The van der Waals surface area contributed by atoms with E-state index in [0.29, 0.717) is 5.56 Å². The Morgan fingerprint density at radius 2 is 2.00 bits per heavy atom. The highest BCUT2D eigenvalue weighted by molar-refractivity contribution is 6.32. The van der Waals surface area contributed by atoms with Gasteiger partial charge in [0.05, 0.1) is 12.7 Å². The molecule has 0 bridgehead atoms. The Hall–Kier alpha value is -1.09. The minimum atomic E-state index is -0.465. The molecule has 0 saturated carbocycles. The van der Waals surface area contributed by atoms with E-state index in [1.165, 1.54) is 7.11 Å². The zero-order valence-corrected chi connectivity index (χ0v) is 10.1. The molecule has 1 heterocycles. The summed E-state index contributed by atoms with van der Waals surface area (Å²) in [6, 6.07) is 3.43. The Bertz CT molecular complexity index is 383. The average Bonchev–Trinajstić information content (AvgIpc) is 2.15. The average molecular weight is 228 g/mol. The molecule has 0 aliphatic heterocycles. The van der Waals surface area contributed by atoms with Gasteiger partial charge in [0, 0.05) is 11.1 Å². The summed E-state index contributed by atoms with van der Waals surface area (Å²) in [5.74, 6) is -0.465. The first-order valence-electron chi connectivity index (χ1n) is 4.61. The molecule has 0 fully saturated rings. The number of carbonyl (C=O) groups is 1. The van der Waals surface area contributed by atoms with Crippen molar-refractivity contribution in [2.45, 2.75) is 26.2 Å². The maximum Gasteiger partial charge on any atom is 0.341 e. The second kappa shape index (κ2) is 4.19. The number of hydrogen-bond acceptors (Lipinski definition) is 3. The Morgan fingerprint density at radius 3 is 2.40 bits per heavy atom. The summed E-state index contributed by atoms with van der Waals surface area (Å²) in [7, 11) is 1.32. The van der Waals surface area contributed by atoms with E-state index in [4.69, 9.17) is 11.6 Å². The van der Waals surface area contributed by atoms with Gasteiger partial charge in [0.25, 0.3) is 0 Å². The van der Waals surface area contributed by atoms with Gasteiger partial charge in [-0.05, 0) is 12.1 Å². The lowest BCUT2D eigenvalue weighted by Gasteiger charge is -2.18. The van der Waals surface area contributed by atoms with Crippen LogP contribution >= 0.6 is 11.6 Å². The number of esters is 1. The van der Waals surface area contributed by atoms with Crippen molar-refractivity contribution in [3.05, 3.63) is 28.5 Å². The largest absolute Gasteiger partial charge is 0.465 e. The molecule has 82 valence electrons. The van der Waals surface area contributed by atoms with E-state index in [-0.39, 0.29) is 10.6 Å². The summed E-state index contributed by atoms with van der Waals surface area (Å²) >= 11 is 5.90. The zero-order chi connectivity index (χ0) is 11.6. The van der Waals surface area contributed by atoms with Crippen molar-refractivity contribution in [2.24, 2.45) is 0 Å². The molecule has 1 aromatic heterocycles. The lowest BCUT2D eigenvalue weighted by molar-refractivity contribution is 0.0600. The van der Waals surface area contributed by atoms with E-state index in [0.717, 1.165) is 5.69 Å². The van der Waals surface area contributed by atoms with Gasteiger partial charge < -0.3 is 4.74 Å². The van der Waals surface area contributed by atoms with Crippen LogP contribution in [0.15, 0.2) is 12.1 Å². The van der Waals surface area contributed by atoms with Gasteiger partial charge in [-0.1, -0.05) is 32.4 Å². The van der Waals surface area contributed by atoms with Crippen LogP contribution in [0.25, 0.3) is 0 Å². The molecule has 1 rings (SSSR count). The van der Waals surface area contributed by atoms with Gasteiger partial charge in [-0.3, -0.25) is 0 Å². The predicted molar refractivity (Wildman–Crippen MR) is 59.3 cm³/mol. The molecule has 0 amide bonds. The van der Waals surface area contributed by atoms with Crippen LogP contribution < -0.4 is 0 Å². The van der Waals surface area contributed by atoms with Crippen LogP contribution in [0.3, 0.4) is 0 Å². The molecule has 0 aliphatic carbocycles. The van der Waals surface area contributed by atoms with E-state index >= 15 is 0 Å². The number of methoxy groups -OCH3 is 1. The number of rotatable bonds is 1. The highest BCUT2D eigenvalue weighted by Gasteiger charge is 2.19. The minimum absolute atomic E-state index is 0.0850. The maximum absolute atomic E-state index is 11.2. The van der Waals surface area contributed by atoms with E-state index in [1.54, 1.807) is 12.1 Å². The quantitative estimate of drug-likeness (QED) is 0.547. The van der Waals surface area contributed by atoms with Crippen molar-refractivity contribution in [1.82, 2.24) is 4.98 Å². The van der Waals surface area contributed by atoms with Crippen LogP contribution in [0.5, 0.6) is 0 Å². The fourth-order valence-corrected chi connectivity index (χ4v) is 1.35. The molecular weight excluding hydrogens is 214 g/mol. The highest BCUT2D eigenvalue weighted by Crippen LogP contribution is 2.23. The molecule has 0 N–H and O–H groups in total. The lowest BCUT2D eigenvalue weighted by atomic mass is 9.91. The van der Waals surface area contributed by atoms with Gasteiger partial charge in [-0.15, -0.1) is 0 Å². The summed E-state index contributed by atoms with van der Waals surface area (Å²) in [5, 5.41) is 0.189. The second-order valence-electron chi connectivity index (χ2n) is 4.28. The predicted octanol–water partition coefficient (Wildman–Crippen LogP) is 2.82. The van der Waals surface area contributed by atoms with Crippen LogP contribution in [0.1, 0.15) is 36.8 Å². The van der Waals surface area contributed by atoms with Gasteiger partial charge in [0.15, 0.2) is 0 Å². The van der Waals surface area contributed by atoms with Gasteiger partial charge in [-0.2, -0.15) is 0 Å². The number of nitrogens with zero attached hydrogens (tertiary/aromatic N) is 1. The molecule has 0 radical (unpaired) electrons. The van der Waals surface area contributed by atoms with Gasteiger partial charge in [0.2, 0.25) is 0 Å². The van der Waals surface area contributed by atoms with Crippen molar-refractivity contribution >= 4 is 17.6 Å². The molecular formula is C11H14ClNO2. The Kier molecular flexibility index (Phi) is 3.35.